The van der Waals surface area contributed by atoms with Crippen molar-refractivity contribution >= 4 is 50.6 Å². The summed E-state index contributed by atoms with van der Waals surface area (Å²) in [4.78, 5) is 34.0. The van der Waals surface area contributed by atoms with Crippen LogP contribution in [0, 0.1) is 5.92 Å². The van der Waals surface area contributed by atoms with E-state index in [1.807, 2.05) is 50.5 Å². The second-order valence-electron chi connectivity index (χ2n) is 9.51. The normalized spacial score (nSPS) is 14.7. The molecule has 4 rings (SSSR count). The minimum absolute atomic E-state index is 0.0113. The minimum atomic E-state index is -0.187. The maximum Gasteiger partial charge on any atom is 0.254 e. The number of carbonyl (C=O) groups excluding carboxylic acids is 2. The van der Waals surface area contributed by atoms with Crippen molar-refractivity contribution in [2.45, 2.75) is 65.0 Å². The van der Waals surface area contributed by atoms with Gasteiger partial charge in [-0.05, 0) is 58.2 Å². The average Bonchev–Trinajstić information content (AvgIpc) is 3.51. The van der Waals surface area contributed by atoms with E-state index in [0.29, 0.717) is 24.3 Å². The topological polar surface area (TPSA) is 108 Å². The van der Waals surface area contributed by atoms with Gasteiger partial charge in [-0.15, -0.1) is 11.3 Å². The van der Waals surface area contributed by atoms with Crippen molar-refractivity contribution in [2.24, 2.45) is 5.92 Å². The van der Waals surface area contributed by atoms with Gasteiger partial charge in [0.2, 0.25) is 5.91 Å². The molecule has 0 radical (unpaired) electrons. The van der Waals surface area contributed by atoms with E-state index in [4.69, 9.17) is 0 Å². The summed E-state index contributed by atoms with van der Waals surface area (Å²) >= 11 is 1.59. The molecule has 35 heavy (non-hydrogen) atoms. The lowest BCUT2D eigenvalue weighted by molar-refractivity contribution is -0.125. The molecule has 9 heteroatoms. The number of anilines is 3. The molecule has 0 aliphatic heterocycles. The van der Waals surface area contributed by atoms with Crippen LogP contribution in [0.4, 0.5) is 17.2 Å². The van der Waals surface area contributed by atoms with E-state index >= 15 is 0 Å². The first-order chi connectivity index (χ1) is 16.9. The van der Waals surface area contributed by atoms with Gasteiger partial charge >= 0.3 is 0 Å². The zero-order valence-electron chi connectivity index (χ0n) is 20.6. The lowest BCUT2D eigenvalue weighted by Crippen LogP contribution is -2.38. The van der Waals surface area contributed by atoms with Crippen molar-refractivity contribution in [3.63, 3.8) is 0 Å². The third kappa shape index (κ3) is 6.69. The zero-order valence-corrected chi connectivity index (χ0v) is 21.4. The van der Waals surface area contributed by atoms with Gasteiger partial charge in [0.15, 0.2) is 0 Å². The fourth-order valence-electron chi connectivity index (χ4n) is 4.33. The van der Waals surface area contributed by atoms with E-state index in [1.165, 1.54) is 0 Å². The van der Waals surface area contributed by atoms with Crippen molar-refractivity contribution in [3.05, 3.63) is 41.5 Å². The van der Waals surface area contributed by atoms with Gasteiger partial charge in [-0.3, -0.25) is 9.59 Å². The van der Waals surface area contributed by atoms with Gasteiger partial charge in [-0.2, -0.15) is 0 Å². The quantitative estimate of drug-likeness (QED) is 0.313. The summed E-state index contributed by atoms with van der Waals surface area (Å²) in [6.07, 6.45) is 6.51. The Balaban J connectivity index is 1.36. The van der Waals surface area contributed by atoms with Crippen LogP contribution in [0.1, 0.15) is 63.2 Å². The van der Waals surface area contributed by atoms with Gasteiger partial charge in [-0.1, -0.05) is 12.8 Å². The van der Waals surface area contributed by atoms with Gasteiger partial charge in [0, 0.05) is 42.5 Å². The van der Waals surface area contributed by atoms with Crippen LogP contribution in [-0.2, 0) is 4.79 Å². The first kappa shape index (κ1) is 24.9. The molecule has 1 atom stereocenters. The lowest BCUT2D eigenvalue weighted by atomic mass is 10.1. The maximum absolute atomic E-state index is 12.9. The number of hydrogen-bond donors (Lipinski definition) is 4. The van der Waals surface area contributed by atoms with Gasteiger partial charge in [0.05, 0.1) is 27.0 Å². The first-order valence-corrected chi connectivity index (χ1v) is 13.2. The molecule has 2 aromatic heterocycles. The van der Waals surface area contributed by atoms with Gasteiger partial charge in [0.25, 0.3) is 5.91 Å². The Bertz CT molecular complexity index is 1170. The second kappa shape index (κ2) is 11.5. The van der Waals surface area contributed by atoms with Gasteiger partial charge in [-0.25, -0.2) is 9.97 Å². The molecule has 8 nitrogen and oxygen atoms in total. The molecule has 3 aromatic rings. The predicted octanol–water partition coefficient (Wildman–Crippen LogP) is 5.07. The van der Waals surface area contributed by atoms with E-state index in [1.54, 1.807) is 17.5 Å². The fraction of sp³-hybridized carbons (Fsp3) is 0.462. The van der Waals surface area contributed by atoms with Crippen molar-refractivity contribution in [1.29, 1.82) is 0 Å². The molecular formula is C26H34N6O2S. The van der Waals surface area contributed by atoms with Crippen LogP contribution in [0.2, 0.25) is 0 Å². The molecule has 1 saturated carbocycles. The number of fused-ring (bicyclic) bond motifs is 1. The molecule has 1 unspecified atom stereocenters. The zero-order chi connectivity index (χ0) is 24.8. The number of nitrogens with zero attached hydrogens (tertiary/aromatic N) is 2. The van der Waals surface area contributed by atoms with Crippen molar-refractivity contribution in [3.8, 4) is 0 Å². The molecule has 1 fully saturated rings. The van der Waals surface area contributed by atoms with Crippen LogP contribution in [0.25, 0.3) is 10.2 Å². The van der Waals surface area contributed by atoms with Crippen molar-refractivity contribution in [2.75, 3.05) is 17.2 Å². The molecule has 0 saturated heterocycles. The van der Waals surface area contributed by atoms with Crippen LogP contribution in [0.15, 0.2) is 36.0 Å². The predicted molar refractivity (Wildman–Crippen MR) is 142 cm³/mol. The third-order valence-electron chi connectivity index (χ3n) is 6.17. The second-order valence-corrected chi connectivity index (χ2v) is 10.4. The molecule has 0 bridgehead atoms. The minimum Gasteiger partial charge on any atom is -0.382 e. The Hall–Kier alpha value is -3.20. The molecule has 2 heterocycles. The number of amides is 2. The molecule has 2 amide bonds. The summed E-state index contributed by atoms with van der Waals surface area (Å²) in [6.45, 7) is 6.51. The number of hydrogen-bond acceptors (Lipinski definition) is 7. The lowest BCUT2D eigenvalue weighted by Gasteiger charge is -2.18. The highest BCUT2D eigenvalue weighted by Gasteiger charge is 2.23. The number of carbonyl (C=O) groups is 2. The monoisotopic (exact) mass is 494 g/mol. The number of thiazole rings is 1. The van der Waals surface area contributed by atoms with Crippen LogP contribution in [0.5, 0.6) is 0 Å². The Morgan fingerprint density at radius 2 is 1.91 bits per heavy atom. The highest BCUT2D eigenvalue weighted by atomic mass is 32.1. The van der Waals surface area contributed by atoms with Crippen molar-refractivity contribution < 1.29 is 9.59 Å². The third-order valence-corrected chi connectivity index (χ3v) is 6.97. The Kier molecular flexibility index (Phi) is 8.17. The summed E-state index contributed by atoms with van der Waals surface area (Å²) in [7, 11) is 0. The molecular weight excluding hydrogens is 460 g/mol. The smallest absolute Gasteiger partial charge is 0.254 e. The number of pyridine rings is 1. The van der Waals surface area contributed by atoms with Gasteiger partial charge < -0.3 is 21.3 Å². The number of rotatable bonds is 10. The molecule has 4 N–H and O–H groups in total. The number of benzene rings is 1. The van der Waals surface area contributed by atoms with Crippen LogP contribution >= 0.6 is 11.3 Å². The summed E-state index contributed by atoms with van der Waals surface area (Å²) in [5, 5.41) is 12.7. The summed E-state index contributed by atoms with van der Waals surface area (Å²) in [5.41, 5.74) is 4.92. The Labute approximate surface area is 210 Å². The molecule has 186 valence electrons. The van der Waals surface area contributed by atoms with E-state index in [2.05, 4.69) is 31.2 Å². The molecule has 0 spiro atoms. The van der Waals surface area contributed by atoms with E-state index in [0.717, 1.165) is 47.3 Å². The van der Waals surface area contributed by atoms with E-state index in [-0.39, 0.29) is 29.8 Å². The highest BCUT2D eigenvalue weighted by Crippen LogP contribution is 2.27. The summed E-state index contributed by atoms with van der Waals surface area (Å²) in [5.74, 6) is 0.759. The maximum atomic E-state index is 12.9. The standard InChI is InChI=1S/C26H34N6O2S/c1-16(2)30-22-13-24(32-19-8-9-21-23(12-19)35-15-29-21)28-14-20(22)26(34)27-11-10-17(3)31-25(33)18-6-4-5-7-18/h8-9,12-18H,4-7,10-11H2,1-3H3,(H,27,34)(H,31,33)(H2,28,30,32). The van der Waals surface area contributed by atoms with E-state index in [9.17, 15) is 9.59 Å². The largest absolute Gasteiger partial charge is 0.382 e. The summed E-state index contributed by atoms with van der Waals surface area (Å²) < 4.78 is 1.10. The average molecular weight is 495 g/mol. The van der Waals surface area contributed by atoms with Gasteiger partial charge in [0.1, 0.15) is 5.82 Å². The van der Waals surface area contributed by atoms with Crippen LogP contribution in [0.3, 0.4) is 0 Å². The van der Waals surface area contributed by atoms with E-state index < -0.39 is 0 Å². The number of nitrogens with one attached hydrogen (secondary N) is 4. The first-order valence-electron chi connectivity index (χ1n) is 12.3. The molecule has 1 aromatic carbocycles. The SMILES string of the molecule is CC(C)Nc1cc(Nc2ccc3ncsc3c2)ncc1C(=O)NCCC(C)NC(=O)C1CCCC1. The molecule has 1 aliphatic carbocycles. The Morgan fingerprint density at radius 1 is 1.11 bits per heavy atom. The Morgan fingerprint density at radius 3 is 2.69 bits per heavy atom. The highest BCUT2D eigenvalue weighted by molar-refractivity contribution is 7.16. The van der Waals surface area contributed by atoms with Crippen LogP contribution < -0.4 is 21.3 Å². The fourth-order valence-corrected chi connectivity index (χ4v) is 5.05. The number of aromatic nitrogens is 2. The molecule has 1 aliphatic rings. The van der Waals surface area contributed by atoms with Crippen molar-refractivity contribution in [1.82, 2.24) is 20.6 Å². The summed E-state index contributed by atoms with van der Waals surface area (Å²) in [6, 6.07) is 7.99. The van der Waals surface area contributed by atoms with Crippen LogP contribution in [-0.4, -0.2) is 40.4 Å².